The first-order chi connectivity index (χ1) is 12.2. The fraction of sp³-hybridized carbons (Fsp3) is 0.316. The van der Waals surface area contributed by atoms with E-state index in [4.69, 9.17) is 5.11 Å². The molecule has 0 amide bonds. The van der Waals surface area contributed by atoms with Gasteiger partial charge in [0, 0.05) is 42.5 Å². The van der Waals surface area contributed by atoms with E-state index in [0.29, 0.717) is 18.2 Å². The maximum absolute atomic E-state index is 9.71. The van der Waals surface area contributed by atoms with Crippen LogP contribution >= 0.6 is 0 Å². The fourth-order valence-electron chi connectivity index (χ4n) is 2.71. The lowest BCUT2D eigenvalue weighted by Gasteiger charge is -2.09. The monoisotopic (exact) mass is 338 g/mol. The lowest BCUT2D eigenvalue weighted by atomic mass is 10.1. The van der Waals surface area contributed by atoms with Crippen molar-refractivity contribution in [3.05, 3.63) is 66.0 Å². The molecule has 0 fully saturated rings. The molecule has 1 unspecified atom stereocenters. The van der Waals surface area contributed by atoms with Crippen LogP contribution in [0.25, 0.3) is 11.4 Å². The largest absolute Gasteiger partial charge is 0.396 e. The molecule has 2 heterocycles. The Balaban J connectivity index is 1.70. The highest BCUT2D eigenvalue weighted by Crippen LogP contribution is 2.17. The summed E-state index contributed by atoms with van der Waals surface area (Å²) >= 11 is 0. The van der Waals surface area contributed by atoms with Crippen LogP contribution in [0, 0.1) is 0 Å². The molecule has 0 saturated carbocycles. The zero-order valence-electron chi connectivity index (χ0n) is 14.2. The number of hydrogen-bond acceptors (Lipinski definition) is 5. The summed E-state index contributed by atoms with van der Waals surface area (Å²) in [4.78, 5) is 13.1. The van der Waals surface area contributed by atoms with E-state index in [0.717, 1.165) is 24.0 Å². The second kappa shape index (κ2) is 8.00. The first-order valence-electron chi connectivity index (χ1n) is 8.37. The third kappa shape index (κ3) is 4.29. The fourth-order valence-corrected chi connectivity index (χ4v) is 2.71. The van der Waals surface area contributed by atoms with E-state index in [1.807, 2.05) is 35.0 Å². The molecule has 0 bridgehead atoms. The lowest BCUT2D eigenvalue weighted by Crippen LogP contribution is -2.07. The summed E-state index contributed by atoms with van der Waals surface area (Å²) in [6, 6.07) is 8.09. The van der Waals surface area contributed by atoms with Gasteiger partial charge in [-0.25, -0.2) is 15.0 Å². The van der Waals surface area contributed by atoms with Crippen molar-refractivity contribution >= 4 is 0 Å². The number of rotatable bonds is 7. The molecule has 0 spiro atoms. The van der Waals surface area contributed by atoms with Crippen LogP contribution in [0.5, 0.6) is 0 Å². The molecule has 0 aliphatic carbocycles. The Hall–Kier alpha value is -2.57. The molecule has 0 saturated heterocycles. The molecule has 2 aromatic heterocycles. The summed E-state index contributed by atoms with van der Waals surface area (Å²) in [7, 11) is 0. The Kier molecular flexibility index (Phi) is 5.53. The Morgan fingerprint density at radius 2 is 1.76 bits per heavy atom. The summed E-state index contributed by atoms with van der Waals surface area (Å²) in [5.74, 6) is 1.31. The van der Waals surface area contributed by atoms with E-state index in [-0.39, 0.29) is 6.61 Å². The first kappa shape index (κ1) is 17.3. The van der Waals surface area contributed by atoms with Crippen LogP contribution < -0.4 is 0 Å². The number of imidazole rings is 1. The van der Waals surface area contributed by atoms with E-state index >= 15 is 0 Å². The van der Waals surface area contributed by atoms with Crippen LogP contribution in [0.1, 0.15) is 36.4 Å². The summed E-state index contributed by atoms with van der Waals surface area (Å²) in [6.45, 7) is 2.48. The Labute approximate surface area is 146 Å². The van der Waals surface area contributed by atoms with Gasteiger partial charge in [0.25, 0.3) is 0 Å². The third-order valence-electron chi connectivity index (χ3n) is 4.02. The smallest absolute Gasteiger partial charge is 0.159 e. The first-order valence-corrected chi connectivity index (χ1v) is 8.37. The molecule has 2 N–H and O–H groups in total. The molecule has 1 atom stereocenters. The van der Waals surface area contributed by atoms with Gasteiger partial charge in [-0.1, -0.05) is 24.3 Å². The van der Waals surface area contributed by atoms with E-state index in [1.54, 1.807) is 25.5 Å². The Morgan fingerprint density at radius 1 is 1.04 bits per heavy atom. The molecule has 0 aliphatic heterocycles. The van der Waals surface area contributed by atoms with Gasteiger partial charge in [-0.3, -0.25) is 0 Å². The average molecular weight is 338 g/mol. The van der Waals surface area contributed by atoms with Gasteiger partial charge in [-0.15, -0.1) is 0 Å². The van der Waals surface area contributed by atoms with Gasteiger partial charge in [0.15, 0.2) is 5.82 Å². The average Bonchev–Trinajstić information content (AvgIpc) is 3.09. The van der Waals surface area contributed by atoms with Crippen molar-refractivity contribution in [2.75, 3.05) is 6.61 Å². The second-order valence-corrected chi connectivity index (χ2v) is 6.03. The SMILES string of the molecule is CC(O)c1nccn1Cc1cnc(-c2ccc(CCCO)cc2)nc1. The summed E-state index contributed by atoms with van der Waals surface area (Å²) in [5, 5.41) is 18.6. The van der Waals surface area contributed by atoms with Crippen LogP contribution in [0.3, 0.4) is 0 Å². The second-order valence-electron chi connectivity index (χ2n) is 6.03. The van der Waals surface area contributed by atoms with Crippen LogP contribution in [0.2, 0.25) is 0 Å². The molecule has 3 aromatic rings. The molecule has 130 valence electrons. The Bertz CT molecular complexity index is 795. The zero-order valence-corrected chi connectivity index (χ0v) is 14.2. The van der Waals surface area contributed by atoms with Crippen LogP contribution in [0.15, 0.2) is 49.1 Å². The minimum Gasteiger partial charge on any atom is -0.396 e. The Morgan fingerprint density at radius 3 is 2.40 bits per heavy atom. The number of hydrogen-bond donors (Lipinski definition) is 2. The molecule has 6 heteroatoms. The van der Waals surface area contributed by atoms with Crippen molar-refractivity contribution in [2.45, 2.75) is 32.4 Å². The quantitative estimate of drug-likeness (QED) is 0.691. The van der Waals surface area contributed by atoms with Gasteiger partial charge < -0.3 is 14.8 Å². The van der Waals surface area contributed by atoms with Crippen molar-refractivity contribution < 1.29 is 10.2 Å². The van der Waals surface area contributed by atoms with Gasteiger partial charge in [-0.05, 0) is 25.3 Å². The number of aryl methyl sites for hydroxylation is 1. The van der Waals surface area contributed by atoms with Gasteiger partial charge in [0.2, 0.25) is 0 Å². The number of aliphatic hydroxyl groups is 2. The van der Waals surface area contributed by atoms with Crippen molar-refractivity contribution in [3.8, 4) is 11.4 Å². The van der Waals surface area contributed by atoms with Crippen LogP contribution in [0.4, 0.5) is 0 Å². The molecule has 0 radical (unpaired) electrons. The molecular formula is C19H22N4O2. The van der Waals surface area contributed by atoms with Gasteiger partial charge >= 0.3 is 0 Å². The number of nitrogens with zero attached hydrogens (tertiary/aromatic N) is 4. The maximum atomic E-state index is 9.71. The minimum absolute atomic E-state index is 0.208. The number of benzene rings is 1. The predicted molar refractivity (Wildman–Crippen MR) is 94.8 cm³/mol. The van der Waals surface area contributed by atoms with Crippen LogP contribution in [-0.4, -0.2) is 36.3 Å². The third-order valence-corrected chi connectivity index (χ3v) is 4.02. The zero-order chi connectivity index (χ0) is 17.6. The van der Waals surface area contributed by atoms with Crippen LogP contribution in [-0.2, 0) is 13.0 Å². The van der Waals surface area contributed by atoms with Crippen molar-refractivity contribution in [2.24, 2.45) is 0 Å². The van der Waals surface area contributed by atoms with E-state index in [9.17, 15) is 5.11 Å². The van der Waals surface area contributed by atoms with Crippen molar-refractivity contribution in [1.29, 1.82) is 0 Å². The van der Waals surface area contributed by atoms with E-state index in [1.165, 1.54) is 5.56 Å². The minimum atomic E-state index is -0.612. The summed E-state index contributed by atoms with van der Waals surface area (Å²) < 4.78 is 1.89. The molecule has 0 aliphatic rings. The molecule has 3 rings (SSSR count). The van der Waals surface area contributed by atoms with Gasteiger partial charge in [0.1, 0.15) is 11.9 Å². The normalized spacial score (nSPS) is 12.3. The van der Waals surface area contributed by atoms with Crippen molar-refractivity contribution in [3.63, 3.8) is 0 Å². The van der Waals surface area contributed by atoms with E-state index < -0.39 is 6.10 Å². The standard InChI is InChI=1S/C19H22N4O2/c1-14(25)19-20-8-9-23(19)13-16-11-21-18(22-12-16)17-6-4-15(5-7-17)3-2-10-24/h4-9,11-12,14,24-25H,2-3,10,13H2,1H3. The van der Waals surface area contributed by atoms with Crippen molar-refractivity contribution in [1.82, 2.24) is 19.5 Å². The topological polar surface area (TPSA) is 84.1 Å². The van der Waals surface area contributed by atoms with Gasteiger partial charge in [0.05, 0.1) is 6.54 Å². The summed E-state index contributed by atoms with van der Waals surface area (Å²) in [5.41, 5.74) is 3.11. The number of aliphatic hydroxyl groups excluding tert-OH is 2. The highest BCUT2D eigenvalue weighted by molar-refractivity contribution is 5.55. The highest BCUT2D eigenvalue weighted by atomic mass is 16.3. The molecule has 1 aromatic carbocycles. The van der Waals surface area contributed by atoms with Gasteiger partial charge in [-0.2, -0.15) is 0 Å². The molecule has 25 heavy (non-hydrogen) atoms. The molecular weight excluding hydrogens is 316 g/mol. The molecule has 6 nitrogen and oxygen atoms in total. The predicted octanol–water partition coefficient (Wildman–Crippen LogP) is 2.37. The number of aromatic nitrogens is 4. The van der Waals surface area contributed by atoms with E-state index in [2.05, 4.69) is 15.0 Å². The highest BCUT2D eigenvalue weighted by Gasteiger charge is 2.09. The lowest BCUT2D eigenvalue weighted by molar-refractivity contribution is 0.184. The maximum Gasteiger partial charge on any atom is 0.159 e. The summed E-state index contributed by atoms with van der Waals surface area (Å²) in [6.07, 6.45) is 8.14.